The van der Waals surface area contributed by atoms with Crippen LogP contribution in [-0.4, -0.2) is 19.8 Å². The monoisotopic (exact) mass is 495 g/mol. The van der Waals surface area contributed by atoms with Crippen molar-refractivity contribution >= 4 is 21.7 Å². The van der Waals surface area contributed by atoms with Gasteiger partial charge in [-0.25, -0.2) is 0 Å². The zero-order valence-electron chi connectivity index (χ0n) is 19.3. The van der Waals surface area contributed by atoms with Gasteiger partial charge in [-0.3, -0.25) is 4.79 Å². The molecular formula is C25H28F3NO4S. The second kappa shape index (κ2) is 9.82. The summed E-state index contributed by atoms with van der Waals surface area (Å²) in [5.41, 5.74) is -4.29. The zero-order chi connectivity index (χ0) is 25.1. The first-order chi connectivity index (χ1) is 15.8. The molecule has 2 aromatic rings. The molecular weight excluding hydrogens is 467 g/mol. The van der Waals surface area contributed by atoms with Crippen LogP contribution < -0.4 is 9.08 Å². The van der Waals surface area contributed by atoms with Gasteiger partial charge in [0.1, 0.15) is 0 Å². The van der Waals surface area contributed by atoms with E-state index in [0.29, 0.717) is 24.3 Å². The van der Waals surface area contributed by atoms with Gasteiger partial charge in [-0.1, -0.05) is 69.3 Å². The van der Waals surface area contributed by atoms with Crippen molar-refractivity contribution in [1.29, 1.82) is 0 Å². The summed E-state index contributed by atoms with van der Waals surface area (Å²) in [5.74, 6) is -0.552. The molecule has 1 unspecified atom stereocenters. The third-order valence-corrected chi connectivity index (χ3v) is 6.94. The first kappa shape index (κ1) is 25.8. The summed E-state index contributed by atoms with van der Waals surface area (Å²) in [4.78, 5) is 14.9. The van der Waals surface area contributed by atoms with E-state index in [1.807, 2.05) is 6.08 Å². The Hall–Kier alpha value is -2.81. The molecule has 0 N–H and O–H groups in total. The maximum atomic E-state index is 13.6. The van der Waals surface area contributed by atoms with Gasteiger partial charge in [0.05, 0.1) is 12.2 Å². The van der Waals surface area contributed by atoms with Crippen LogP contribution in [0.2, 0.25) is 0 Å². The first-order valence-corrected chi connectivity index (χ1v) is 12.3. The molecule has 0 heterocycles. The van der Waals surface area contributed by atoms with Crippen LogP contribution in [0.1, 0.15) is 45.6 Å². The minimum atomic E-state index is -5.91. The van der Waals surface area contributed by atoms with Gasteiger partial charge in [-0.15, -0.1) is 0 Å². The van der Waals surface area contributed by atoms with E-state index in [4.69, 9.17) is 0 Å². The van der Waals surface area contributed by atoms with Crippen LogP contribution in [0.15, 0.2) is 66.2 Å². The molecule has 0 saturated heterocycles. The molecule has 1 amide bonds. The minimum absolute atomic E-state index is 0.0339. The SMILES string of the molecule is CC(C)(C)C1CC=C(C(=O)N(Cc2ccccc2)c2ccccc2OS(=O)(=O)C(F)(F)F)CC1. The Balaban J connectivity index is 2.00. The lowest BCUT2D eigenvalue weighted by molar-refractivity contribution is -0.115. The summed E-state index contributed by atoms with van der Waals surface area (Å²) in [6, 6.07) is 14.3. The summed E-state index contributed by atoms with van der Waals surface area (Å²) in [6.07, 6.45) is 3.93. The number of anilines is 1. The zero-order valence-corrected chi connectivity index (χ0v) is 20.1. The summed E-state index contributed by atoms with van der Waals surface area (Å²) < 4.78 is 66.8. The van der Waals surface area contributed by atoms with Crippen molar-refractivity contribution in [3.8, 4) is 5.75 Å². The highest BCUT2D eigenvalue weighted by molar-refractivity contribution is 7.88. The van der Waals surface area contributed by atoms with Crippen LogP contribution >= 0.6 is 0 Å². The van der Waals surface area contributed by atoms with Gasteiger partial charge in [0, 0.05) is 5.57 Å². The van der Waals surface area contributed by atoms with Crippen LogP contribution in [0.25, 0.3) is 0 Å². The van der Waals surface area contributed by atoms with E-state index in [9.17, 15) is 26.4 Å². The summed E-state index contributed by atoms with van der Waals surface area (Å²) in [7, 11) is -5.91. The molecule has 5 nitrogen and oxygen atoms in total. The lowest BCUT2D eigenvalue weighted by Crippen LogP contribution is -2.34. The standard InChI is InChI=1S/C25H28F3NO4S/c1-24(2,3)20-15-13-19(14-16-20)23(30)29(17-18-9-5-4-6-10-18)21-11-7-8-12-22(21)33-34(31,32)25(26,27)28/h4-13,20H,14-17H2,1-3H3. The number of amides is 1. The van der Waals surface area contributed by atoms with Gasteiger partial charge in [0.15, 0.2) is 5.75 Å². The maximum Gasteiger partial charge on any atom is 0.534 e. The van der Waals surface area contributed by atoms with E-state index in [2.05, 4.69) is 25.0 Å². The van der Waals surface area contributed by atoms with E-state index < -0.39 is 27.3 Å². The number of carbonyl (C=O) groups excluding carboxylic acids is 1. The molecule has 184 valence electrons. The van der Waals surface area contributed by atoms with Gasteiger partial charge >= 0.3 is 15.6 Å². The van der Waals surface area contributed by atoms with Crippen molar-refractivity contribution < 1.29 is 30.6 Å². The number of para-hydroxylation sites is 2. The molecule has 0 aromatic heterocycles. The molecule has 1 atom stereocenters. The number of hydrogen-bond acceptors (Lipinski definition) is 4. The largest absolute Gasteiger partial charge is 0.534 e. The first-order valence-electron chi connectivity index (χ1n) is 10.9. The predicted octanol–water partition coefficient (Wildman–Crippen LogP) is 6.22. The highest BCUT2D eigenvalue weighted by Crippen LogP contribution is 2.39. The number of benzene rings is 2. The molecule has 0 radical (unpaired) electrons. The molecule has 9 heteroatoms. The van der Waals surface area contributed by atoms with Crippen LogP contribution in [0.5, 0.6) is 5.75 Å². The van der Waals surface area contributed by atoms with Crippen molar-refractivity contribution in [2.75, 3.05) is 4.90 Å². The van der Waals surface area contributed by atoms with Gasteiger partial charge < -0.3 is 9.08 Å². The molecule has 1 aliphatic carbocycles. The van der Waals surface area contributed by atoms with Crippen LogP contribution in [0.4, 0.5) is 18.9 Å². The summed E-state index contributed by atoms with van der Waals surface area (Å²) >= 11 is 0. The fourth-order valence-electron chi connectivity index (χ4n) is 3.94. The van der Waals surface area contributed by atoms with Gasteiger partial charge in [0.25, 0.3) is 5.91 Å². The third kappa shape index (κ3) is 6.00. The molecule has 0 saturated carbocycles. The Morgan fingerprint density at radius 1 is 1.03 bits per heavy atom. The maximum absolute atomic E-state index is 13.6. The molecule has 0 bridgehead atoms. The Morgan fingerprint density at radius 2 is 1.65 bits per heavy atom. The highest BCUT2D eigenvalue weighted by atomic mass is 32.2. The van der Waals surface area contributed by atoms with E-state index in [-0.39, 0.29) is 17.6 Å². The van der Waals surface area contributed by atoms with Crippen LogP contribution in [0.3, 0.4) is 0 Å². The topological polar surface area (TPSA) is 63.7 Å². The van der Waals surface area contributed by atoms with Crippen molar-refractivity contribution in [3.05, 3.63) is 71.8 Å². The smallest absolute Gasteiger partial charge is 0.374 e. The predicted molar refractivity (Wildman–Crippen MR) is 125 cm³/mol. The highest BCUT2D eigenvalue weighted by Gasteiger charge is 2.49. The fraction of sp³-hybridized carbons (Fsp3) is 0.400. The molecule has 1 aliphatic rings. The number of rotatable bonds is 6. The quantitative estimate of drug-likeness (QED) is 0.353. The van der Waals surface area contributed by atoms with Crippen molar-refractivity contribution in [2.45, 2.75) is 52.1 Å². The number of halogens is 3. The second-order valence-electron chi connectivity index (χ2n) is 9.39. The Labute approximate surface area is 198 Å². The van der Waals surface area contributed by atoms with E-state index in [1.165, 1.54) is 23.1 Å². The van der Waals surface area contributed by atoms with Gasteiger partial charge in [-0.05, 0) is 48.3 Å². The normalized spacial score (nSPS) is 17.1. The Morgan fingerprint density at radius 3 is 2.21 bits per heavy atom. The average Bonchev–Trinajstić information content (AvgIpc) is 2.77. The minimum Gasteiger partial charge on any atom is -0.374 e. The number of carbonyl (C=O) groups is 1. The molecule has 0 spiro atoms. The lowest BCUT2D eigenvalue weighted by Gasteiger charge is -2.34. The molecule has 0 fully saturated rings. The number of hydrogen-bond donors (Lipinski definition) is 0. The van der Waals surface area contributed by atoms with Gasteiger partial charge in [0.2, 0.25) is 0 Å². The molecule has 0 aliphatic heterocycles. The van der Waals surface area contributed by atoms with Gasteiger partial charge in [-0.2, -0.15) is 21.6 Å². The van der Waals surface area contributed by atoms with Crippen molar-refractivity contribution in [2.24, 2.45) is 11.3 Å². The van der Waals surface area contributed by atoms with Crippen LogP contribution in [0, 0.1) is 11.3 Å². The molecule has 2 aromatic carbocycles. The average molecular weight is 496 g/mol. The number of allylic oxidation sites excluding steroid dienone is 1. The fourth-order valence-corrected chi connectivity index (χ4v) is 4.41. The summed E-state index contributed by atoms with van der Waals surface area (Å²) in [5, 5.41) is 0. The second-order valence-corrected chi connectivity index (χ2v) is 10.9. The summed E-state index contributed by atoms with van der Waals surface area (Å²) in [6.45, 7) is 6.48. The number of alkyl halides is 3. The van der Waals surface area contributed by atoms with Crippen LogP contribution in [-0.2, 0) is 21.5 Å². The number of nitrogens with zero attached hydrogens (tertiary/aromatic N) is 1. The van der Waals surface area contributed by atoms with E-state index in [0.717, 1.165) is 18.1 Å². The Kier molecular flexibility index (Phi) is 7.45. The van der Waals surface area contributed by atoms with E-state index in [1.54, 1.807) is 30.3 Å². The lowest BCUT2D eigenvalue weighted by atomic mass is 9.73. The van der Waals surface area contributed by atoms with Crippen molar-refractivity contribution in [1.82, 2.24) is 0 Å². The Bertz CT molecular complexity index is 1150. The van der Waals surface area contributed by atoms with E-state index >= 15 is 0 Å². The third-order valence-electron chi connectivity index (χ3n) is 5.98. The van der Waals surface area contributed by atoms with Crippen molar-refractivity contribution in [3.63, 3.8) is 0 Å². The molecule has 34 heavy (non-hydrogen) atoms. The molecule has 3 rings (SSSR count).